The van der Waals surface area contributed by atoms with Gasteiger partial charge in [-0.1, -0.05) is 13.8 Å². The summed E-state index contributed by atoms with van der Waals surface area (Å²) in [6.45, 7) is 5.26. The molecule has 1 saturated heterocycles. The number of carbonyl (C=O) groups excluding carboxylic acids is 1. The van der Waals surface area contributed by atoms with E-state index in [1.165, 1.54) is 4.68 Å². The average Bonchev–Trinajstić information content (AvgIpc) is 3.04. The number of likely N-dealkylation sites (tertiary alicyclic amines) is 1. The third-order valence-corrected chi connectivity index (χ3v) is 5.16. The van der Waals surface area contributed by atoms with Crippen LogP contribution in [0.2, 0.25) is 0 Å². The molecule has 21 heavy (non-hydrogen) atoms. The Morgan fingerprint density at radius 2 is 1.86 bits per heavy atom. The first-order valence-corrected chi connectivity index (χ1v) is 9.50. The minimum atomic E-state index is -3.86. The molecule has 0 aliphatic carbocycles. The highest BCUT2D eigenvalue weighted by Crippen LogP contribution is 2.25. The molecule has 0 aromatic carbocycles. The Morgan fingerprint density at radius 3 is 2.33 bits per heavy atom. The number of aromatic nitrogens is 2. The van der Waals surface area contributed by atoms with Crippen LogP contribution >= 0.6 is 10.7 Å². The quantitative estimate of drug-likeness (QED) is 0.766. The predicted octanol–water partition coefficient (Wildman–Crippen LogP) is 1.56. The van der Waals surface area contributed by atoms with Gasteiger partial charge in [0.15, 0.2) is 0 Å². The number of aryl methyl sites for hydroxylation is 1. The van der Waals surface area contributed by atoms with Gasteiger partial charge in [0.05, 0.1) is 11.4 Å². The van der Waals surface area contributed by atoms with E-state index in [0.29, 0.717) is 24.2 Å². The van der Waals surface area contributed by atoms with Gasteiger partial charge in [-0.15, -0.1) is 0 Å². The first-order chi connectivity index (χ1) is 9.88. The van der Waals surface area contributed by atoms with E-state index in [-0.39, 0.29) is 17.3 Å². The van der Waals surface area contributed by atoms with E-state index in [4.69, 9.17) is 10.7 Å². The van der Waals surface area contributed by atoms with Crippen LogP contribution in [-0.2, 0) is 33.2 Å². The van der Waals surface area contributed by atoms with Gasteiger partial charge in [-0.05, 0) is 25.7 Å². The topological polar surface area (TPSA) is 72.3 Å². The van der Waals surface area contributed by atoms with Gasteiger partial charge in [0.25, 0.3) is 9.05 Å². The Balaban J connectivity index is 2.35. The highest BCUT2D eigenvalue weighted by molar-refractivity contribution is 8.13. The van der Waals surface area contributed by atoms with E-state index in [1.54, 1.807) is 4.90 Å². The third-order valence-electron chi connectivity index (χ3n) is 3.73. The first-order valence-electron chi connectivity index (χ1n) is 7.19. The molecule has 1 aliphatic rings. The van der Waals surface area contributed by atoms with Gasteiger partial charge in [0.1, 0.15) is 11.4 Å². The zero-order valence-electron chi connectivity index (χ0n) is 12.3. The maximum atomic E-state index is 12.2. The molecule has 118 valence electrons. The Kier molecular flexibility index (Phi) is 4.93. The molecular weight excluding hydrogens is 314 g/mol. The summed E-state index contributed by atoms with van der Waals surface area (Å²) >= 11 is 0. The molecule has 8 heteroatoms. The van der Waals surface area contributed by atoms with Crippen LogP contribution in [0, 0.1) is 0 Å². The lowest BCUT2D eigenvalue weighted by Crippen LogP contribution is -2.31. The third kappa shape index (κ3) is 3.40. The number of hydrogen-bond acceptors (Lipinski definition) is 4. The summed E-state index contributed by atoms with van der Waals surface area (Å²) in [5, 5.41) is 4.28. The van der Waals surface area contributed by atoms with E-state index in [1.807, 2.05) is 13.8 Å². The van der Waals surface area contributed by atoms with Crippen molar-refractivity contribution < 1.29 is 13.2 Å². The van der Waals surface area contributed by atoms with Crippen LogP contribution in [0.5, 0.6) is 0 Å². The van der Waals surface area contributed by atoms with Gasteiger partial charge >= 0.3 is 0 Å². The minimum absolute atomic E-state index is 0.0223. The van der Waals surface area contributed by atoms with Crippen LogP contribution in [-0.4, -0.2) is 42.1 Å². The smallest absolute Gasteiger partial charge is 0.264 e. The van der Waals surface area contributed by atoms with E-state index in [2.05, 4.69) is 5.10 Å². The van der Waals surface area contributed by atoms with Crippen LogP contribution < -0.4 is 0 Å². The summed E-state index contributed by atoms with van der Waals surface area (Å²) < 4.78 is 25.0. The van der Waals surface area contributed by atoms with Gasteiger partial charge in [-0.3, -0.25) is 9.48 Å². The minimum Gasteiger partial charge on any atom is -0.341 e. The van der Waals surface area contributed by atoms with Gasteiger partial charge in [0, 0.05) is 23.8 Å². The Bertz CT molecular complexity index is 633. The van der Waals surface area contributed by atoms with Crippen molar-refractivity contribution in [3.8, 4) is 0 Å². The fraction of sp³-hybridized carbons (Fsp3) is 0.692. The van der Waals surface area contributed by atoms with Crippen molar-refractivity contribution in [2.45, 2.75) is 51.0 Å². The Hall–Kier alpha value is -1.08. The molecule has 2 rings (SSSR count). The van der Waals surface area contributed by atoms with E-state index in [9.17, 15) is 13.2 Å². The van der Waals surface area contributed by atoms with E-state index < -0.39 is 9.05 Å². The molecule has 1 fully saturated rings. The summed E-state index contributed by atoms with van der Waals surface area (Å²) in [6.07, 6.45) is 2.96. The van der Waals surface area contributed by atoms with Crippen molar-refractivity contribution >= 4 is 25.6 Å². The maximum Gasteiger partial charge on any atom is 0.264 e. The molecule has 6 nitrogen and oxygen atoms in total. The first kappa shape index (κ1) is 16.3. The van der Waals surface area contributed by atoms with Crippen molar-refractivity contribution in [2.75, 3.05) is 13.1 Å². The lowest BCUT2D eigenvalue weighted by atomic mass is 10.2. The molecule has 0 atom stereocenters. The van der Waals surface area contributed by atoms with Crippen LogP contribution in [0.4, 0.5) is 0 Å². The molecule has 0 N–H and O–H groups in total. The standard InChI is InChI=1S/C13H20ClN3O3S/c1-3-10-13(21(14,19)20)11(4-2)17(15-10)9-12(18)16-7-5-6-8-16/h3-9H2,1-2H3. The average molecular weight is 334 g/mol. The lowest BCUT2D eigenvalue weighted by molar-refractivity contribution is -0.131. The molecule has 1 aliphatic heterocycles. The normalized spacial score (nSPS) is 15.7. The molecule has 1 aromatic rings. The van der Waals surface area contributed by atoms with Crippen LogP contribution in [0.3, 0.4) is 0 Å². The molecule has 0 saturated carbocycles. The van der Waals surface area contributed by atoms with Gasteiger partial charge in [0.2, 0.25) is 5.91 Å². The van der Waals surface area contributed by atoms with Crippen LogP contribution in [0.15, 0.2) is 4.90 Å². The number of amides is 1. The highest BCUT2D eigenvalue weighted by Gasteiger charge is 2.27. The molecule has 1 aromatic heterocycles. The van der Waals surface area contributed by atoms with Gasteiger partial charge in [-0.25, -0.2) is 8.42 Å². The second-order valence-electron chi connectivity index (χ2n) is 5.11. The van der Waals surface area contributed by atoms with Crippen molar-refractivity contribution in [1.82, 2.24) is 14.7 Å². The van der Waals surface area contributed by atoms with Gasteiger partial charge < -0.3 is 4.90 Å². The molecule has 0 spiro atoms. The number of rotatable bonds is 5. The van der Waals surface area contributed by atoms with E-state index in [0.717, 1.165) is 25.9 Å². The summed E-state index contributed by atoms with van der Waals surface area (Å²) in [7, 11) is 1.67. The van der Waals surface area contributed by atoms with E-state index >= 15 is 0 Å². The molecule has 1 amide bonds. The summed E-state index contributed by atoms with van der Waals surface area (Å²) in [5.41, 5.74) is 0.936. The fourth-order valence-corrected chi connectivity index (χ4v) is 4.25. The molecule has 2 heterocycles. The summed E-state index contributed by atoms with van der Waals surface area (Å²) in [5.74, 6) is -0.0223. The SMILES string of the molecule is CCc1nn(CC(=O)N2CCCC2)c(CC)c1S(=O)(=O)Cl. The predicted molar refractivity (Wildman–Crippen MR) is 79.8 cm³/mol. The van der Waals surface area contributed by atoms with Crippen molar-refractivity contribution in [3.05, 3.63) is 11.4 Å². The monoisotopic (exact) mass is 333 g/mol. The molecule has 0 unspecified atom stereocenters. The molecule has 0 radical (unpaired) electrons. The number of hydrogen-bond donors (Lipinski definition) is 0. The van der Waals surface area contributed by atoms with Crippen LogP contribution in [0.1, 0.15) is 38.1 Å². The van der Waals surface area contributed by atoms with Crippen molar-refractivity contribution in [2.24, 2.45) is 0 Å². The maximum absolute atomic E-state index is 12.2. The summed E-state index contributed by atoms with van der Waals surface area (Å²) in [4.78, 5) is 14.1. The largest absolute Gasteiger partial charge is 0.341 e. The zero-order chi connectivity index (χ0) is 15.6. The molecule has 0 bridgehead atoms. The highest BCUT2D eigenvalue weighted by atomic mass is 35.7. The van der Waals surface area contributed by atoms with Gasteiger partial charge in [-0.2, -0.15) is 5.10 Å². The zero-order valence-corrected chi connectivity index (χ0v) is 13.9. The lowest BCUT2D eigenvalue weighted by Gasteiger charge is -2.16. The summed E-state index contributed by atoms with van der Waals surface area (Å²) in [6, 6.07) is 0. The number of carbonyl (C=O) groups is 1. The Morgan fingerprint density at radius 1 is 1.24 bits per heavy atom. The van der Waals surface area contributed by atoms with Crippen LogP contribution in [0.25, 0.3) is 0 Å². The van der Waals surface area contributed by atoms with Crippen molar-refractivity contribution in [1.29, 1.82) is 0 Å². The molecular formula is C13H20ClN3O3S. The number of nitrogens with zero attached hydrogens (tertiary/aromatic N) is 3. The number of halogens is 1. The van der Waals surface area contributed by atoms with Crippen molar-refractivity contribution in [3.63, 3.8) is 0 Å². The second-order valence-corrected chi connectivity index (χ2v) is 7.62. The Labute approximate surface area is 129 Å². The fourth-order valence-electron chi connectivity index (χ4n) is 2.72. The second kappa shape index (κ2) is 6.36.